The maximum Gasteiger partial charge on any atom is 0.244 e. The van der Waals surface area contributed by atoms with Crippen LogP contribution in [-0.4, -0.2) is 18.1 Å². The second kappa shape index (κ2) is 2.48. The Balaban J connectivity index is 1.94. The van der Waals surface area contributed by atoms with E-state index >= 15 is 0 Å². The lowest BCUT2D eigenvalue weighted by molar-refractivity contribution is -0.124. The van der Waals surface area contributed by atoms with Crippen LogP contribution in [0.15, 0.2) is 0 Å². The zero-order valence-electron chi connectivity index (χ0n) is 6.71. The maximum absolute atomic E-state index is 11.0. The van der Waals surface area contributed by atoms with Crippen LogP contribution in [0.5, 0.6) is 0 Å². The highest BCUT2D eigenvalue weighted by atomic mass is 16.2. The smallest absolute Gasteiger partial charge is 0.244 e. The van der Waals surface area contributed by atoms with Crippen LogP contribution in [0, 0.1) is 5.92 Å². The Labute approximate surface area is 66.5 Å². The van der Waals surface area contributed by atoms with E-state index in [1.54, 1.807) is 0 Å². The second-order valence-electron chi connectivity index (χ2n) is 3.58. The van der Waals surface area contributed by atoms with Crippen LogP contribution in [-0.2, 0) is 4.79 Å². The zero-order valence-corrected chi connectivity index (χ0v) is 6.71. The first kappa shape index (κ1) is 7.10. The molecule has 2 aliphatic rings. The minimum atomic E-state index is 0.0770. The molecule has 2 unspecified atom stereocenters. The van der Waals surface area contributed by atoms with Crippen molar-refractivity contribution in [3.8, 4) is 0 Å². The third-order valence-electron chi connectivity index (χ3n) is 2.29. The number of amides is 1. The quantitative estimate of drug-likeness (QED) is 0.586. The van der Waals surface area contributed by atoms with Crippen LogP contribution in [0.4, 0.5) is 0 Å². The molecule has 3 heteroatoms. The van der Waals surface area contributed by atoms with Gasteiger partial charge in [0, 0.05) is 12.5 Å². The molecule has 1 N–H and O–H groups in total. The summed E-state index contributed by atoms with van der Waals surface area (Å²) >= 11 is 0. The molecule has 0 aromatic rings. The number of rotatable bonds is 1. The van der Waals surface area contributed by atoms with Crippen molar-refractivity contribution in [2.24, 2.45) is 5.92 Å². The highest BCUT2D eigenvalue weighted by Crippen LogP contribution is 2.33. The van der Waals surface area contributed by atoms with E-state index in [4.69, 9.17) is 0 Å². The first-order chi connectivity index (χ1) is 5.25. The fourth-order valence-electron chi connectivity index (χ4n) is 1.51. The highest BCUT2D eigenvalue weighted by Gasteiger charge is 2.36. The highest BCUT2D eigenvalue weighted by molar-refractivity contribution is 5.77. The Morgan fingerprint density at radius 3 is 2.82 bits per heavy atom. The van der Waals surface area contributed by atoms with Crippen molar-refractivity contribution in [1.29, 1.82) is 0 Å². The number of hydrogen-bond donors (Lipinski definition) is 1. The van der Waals surface area contributed by atoms with Crippen molar-refractivity contribution in [3.05, 3.63) is 0 Å². The number of carbonyl (C=O) groups is 1. The van der Waals surface area contributed by atoms with Crippen molar-refractivity contribution < 1.29 is 4.79 Å². The Bertz CT molecular complexity index is 177. The minimum Gasteiger partial charge on any atom is -0.292 e. The molecule has 0 spiro atoms. The van der Waals surface area contributed by atoms with Crippen molar-refractivity contribution >= 4 is 5.91 Å². The van der Waals surface area contributed by atoms with E-state index in [9.17, 15) is 4.79 Å². The predicted octanol–water partition coefficient (Wildman–Crippen LogP) is 0.235. The summed E-state index contributed by atoms with van der Waals surface area (Å²) < 4.78 is 0. The first-order valence-electron chi connectivity index (χ1n) is 4.25. The van der Waals surface area contributed by atoms with E-state index in [2.05, 4.69) is 10.6 Å². The maximum atomic E-state index is 11.0. The molecule has 1 aliphatic heterocycles. The molecule has 2 rings (SSSR count). The molecule has 0 aromatic heterocycles. The Kier molecular flexibility index (Phi) is 1.60. The van der Waals surface area contributed by atoms with Crippen LogP contribution in [0.25, 0.3) is 0 Å². The number of hydrogen-bond acceptors (Lipinski definition) is 2. The fraction of sp³-hybridized carbons (Fsp3) is 0.875. The van der Waals surface area contributed by atoms with E-state index < -0.39 is 0 Å². The van der Waals surface area contributed by atoms with Gasteiger partial charge in [-0.2, -0.15) is 0 Å². The SMILES string of the molecule is CC1CC(=O)[N]C(C2CC2)N1. The predicted molar refractivity (Wildman–Crippen MR) is 40.9 cm³/mol. The van der Waals surface area contributed by atoms with Gasteiger partial charge in [0.2, 0.25) is 5.91 Å². The summed E-state index contributed by atoms with van der Waals surface area (Å²) in [6, 6.07) is 0.325. The zero-order chi connectivity index (χ0) is 7.84. The Hall–Kier alpha value is -0.570. The molecular weight excluding hydrogens is 140 g/mol. The van der Waals surface area contributed by atoms with E-state index in [-0.39, 0.29) is 12.1 Å². The largest absolute Gasteiger partial charge is 0.292 e. The number of nitrogens with one attached hydrogen (secondary N) is 1. The second-order valence-corrected chi connectivity index (χ2v) is 3.58. The summed E-state index contributed by atoms with van der Waals surface area (Å²) in [5, 5.41) is 7.37. The lowest BCUT2D eigenvalue weighted by Crippen LogP contribution is -2.52. The van der Waals surface area contributed by atoms with Gasteiger partial charge < -0.3 is 0 Å². The van der Waals surface area contributed by atoms with Gasteiger partial charge in [0.25, 0.3) is 0 Å². The summed E-state index contributed by atoms with van der Waals surface area (Å²) in [6.45, 7) is 2.04. The molecule has 2 atom stereocenters. The van der Waals surface area contributed by atoms with E-state index in [1.165, 1.54) is 12.8 Å². The van der Waals surface area contributed by atoms with Gasteiger partial charge in [-0.15, -0.1) is 0 Å². The molecule has 2 fully saturated rings. The average molecular weight is 153 g/mol. The lowest BCUT2D eigenvalue weighted by Gasteiger charge is -2.27. The molecule has 1 amide bonds. The normalized spacial score (nSPS) is 38.5. The summed E-state index contributed by atoms with van der Waals surface area (Å²) in [5.41, 5.74) is 0. The molecule has 61 valence electrons. The van der Waals surface area contributed by atoms with Gasteiger partial charge in [-0.05, 0) is 25.7 Å². The molecule has 3 nitrogen and oxygen atoms in total. The summed E-state index contributed by atoms with van der Waals surface area (Å²) in [6.07, 6.45) is 3.19. The third-order valence-corrected chi connectivity index (χ3v) is 2.29. The van der Waals surface area contributed by atoms with Gasteiger partial charge in [-0.1, -0.05) is 0 Å². The van der Waals surface area contributed by atoms with Crippen molar-refractivity contribution in [2.75, 3.05) is 0 Å². The Morgan fingerprint density at radius 1 is 1.55 bits per heavy atom. The van der Waals surface area contributed by atoms with Gasteiger partial charge in [-0.25, -0.2) is 5.32 Å². The van der Waals surface area contributed by atoms with Crippen LogP contribution in [0.2, 0.25) is 0 Å². The van der Waals surface area contributed by atoms with Gasteiger partial charge in [0.05, 0.1) is 0 Å². The number of carbonyl (C=O) groups excluding carboxylic acids is 1. The Morgan fingerprint density at radius 2 is 2.27 bits per heavy atom. The monoisotopic (exact) mass is 153 g/mol. The van der Waals surface area contributed by atoms with Crippen molar-refractivity contribution in [1.82, 2.24) is 10.6 Å². The van der Waals surface area contributed by atoms with E-state index in [0.29, 0.717) is 18.4 Å². The molecule has 0 bridgehead atoms. The fourth-order valence-corrected chi connectivity index (χ4v) is 1.51. The van der Waals surface area contributed by atoms with Gasteiger partial charge in [-0.3, -0.25) is 10.1 Å². The van der Waals surface area contributed by atoms with Gasteiger partial charge in [0.1, 0.15) is 6.17 Å². The summed E-state index contributed by atoms with van der Waals surface area (Å²) in [7, 11) is 0. The minimum absolute atomic E-state index is 0.0770. The van der Waals surface area contributed by atoms with Crippen LogP contribution in [0.3, 0.4) is 0 Å². The standard InChI is InChI=1S/C8H13N2O/c1-5-4-7(11)10-8(9-5)6-2-3-6/h5-6,8-9H,2-4H2,1H3. The average Bonchev–Trinajstić information content (AvgIpc) is 2.64. The molecular formula is C8H13N2O. The molecule has 1 radical (unpaired) electrons. The molecule has 1 saturated carbocycles. The molecule has 1 heterocycles. The lowest BCUT2D eigenvalue weighted by atomic mass is 10.1. The van der Waals surface area contributed by atoms with Crippen molar-refractivity contribution in [3.63, 3.8) is 0 Å². The van der Waals surface area contributed by atoms with Gasteiger partial charge >= 0.3 is 0 Å². The molecule has 1 saturated heterocycles. The van der Waals surface area contributed by atoms with Crippen LogP contribution in [0.1, 0.15) is 26.2 Å². The van der Waals surface area contributed by atoms with Crippen LogP contribution >= 0.6 is 0 Å². The molecule has 11 heavy (non-hydrogen) atoms. The van der Waals surface area contributed by atoms with Gasteiger partial charge in [0.15, 0.2) is 0 Å². The van der Waals surface area contributed by atoms with E-state index in [0.717, 1.165) is 0 Å². The third kappa shape index (κ3) is 1.53. The summed E-state index contributed by atoms with van der Waals surface area (Å²) in [4.78, 5) is 11.0. The first-order valence-corrected chi connectivity index (χ1v) is 4.25. The topological polar surface area (TPSA) is 43.2 Å². The summed E-state index contributed by atoms with van der Waals surface area (Å²) in [5.74, 6) is 0.731. The number of nitrogens with zero attached hydrogens (tertiary/aromatic N) is 1. The van der Waals surface area contributed by atoms with E-state index in [1.807, 2.05) is 6.92 Å². The molecule has 1 aliphatic carbocycles. The molecule has 0 aromatic carbocycles. The van der Waals surface area contributed by atoms with Crippen molar-refractivity contribution in [2.45, 2.75) is 38.4 Å². The van der Waals surface area contributed by atoms with Crippen LogP contribution < -0.4 is 10.6 Å².